The van der Waals surface area contributed by atoms with Crippen molar-refractivity contribution in [1.82, 2.24) is 15.5 Å². The van der Waals surface area contributed by atoms with Crippen molar-refractivity contribution in [2.75, 3.05) is 20.1 Å². The van der Waals surface area contributed by atoms with Gasteiger partial charge in [-0.15, -0.1) is 0 Å². The molecule has 1 aliphatic heterocycles. The molecule has 2 aliphatic rings. The fraction of sp³-hybridized carbons (Fsp3) is 0.786. The number of likely N-dealkylation sites (tertiary alicyclic amines) is 1. The van der Waals surface area contributed by atoms with Crippen LogP contribution in [0.15, 0.2) is 0 Å². The second kappa shape index (κ2) is 6.78. The van der Waals surface area contributed by atoms with E-state index in [2.05, 4.69) is 10.6 Å². The Balaban J connectivity index is 1.78. The molecule has 0 radical (unpaired) electrons. The molecule has 1 saturated carbocycles. The third kappa shape index (κ3) is 3.86. The van der Waals surface area contributed by atoms with Crippen LogP contribution in [0.1, 0.15) is 32.1 Å². The van der Waals surface area contributed by atoms with Crippen molar-refractivity contribution >= 4 is 17.9 Å². The van der Waals surface area contributed by atoms with Crippen LogP contribution in [-0.2, 0) is 9.59 Å². The molecule has 0 aromatic carbocycles. The maximum Gasteiger partial charge on any atom is 0.315 e. The Hall–Kier alpha value is -1.79. The lowest BCUT2D eigenvalue weighted by atomic mass is 9.79. The van der Waals surface area contributed by atoms with Crippen LogP contribution < -0.4 is 10.6 Å². The monoisotopic (exact) mass is 297 g/mol. The Kier molecular flexibility index (Phi) is 5.03. The molecule has 7 heteroatoms. The van der Waals surface area contributed by atoms with Crippen LogP contribution in [0.2, 0.25) is 0 Å². The average Bonchev–Trinajstić information content (AvgIpc) is 2.77. The van der Waals surface area contributed by atoms with E-state index in [0.29, 0.717) is 25.9 Å². The van der Waals surface area contributed by atoms with Gasteiger partial charge in [-0.1, -0.05) is 12.8 Å². The van der Waals surface area contributed by atoms with Crippen LogP contribution in [0.4, 0.5) is 4.79 Å². The van der Waals surface area contributed by atoms with Gasteiger partial charge in [0.1, 0.15) is 6.04 Å². The number of carbonyl (C=O) groups excluding carboxylic acids is 2. The molecule has 7 nitrogen and oxygen atoms in total. The first kappa shape index (κ1) is 15.6. The minimum Gasteiger partial charge on any atom is -0.481 e. The molecule has 3 amide bonds. The number of hydrogen-bond donors (Lipinski definition) is 3. The number of likely N-dealkylation sites (N-methyl/N-ethyl adjacent to an activating group) is 1. The number of hydrogen-bond acceptors (Lipinski definition) is 3. The van der Waals surface area contributed by atoms with Gasteiger partial charge < -0.3 is 20.6 Å². The normalized spacial score (nSPS) is 29.3. The van der Waals surface area contributed by atoms with Crippen molar-refractivity contribution in [3.63, 3.8) is 0 Å². The van der Waals surface area contributed by atoms with Crippen molar-refractivity contribution in [2.24, 2.45) is 11.8 Å². The van der Waals surface area contributed by atoms with Gasteiger partial charge in [-0.2, -0.15) is 0 Å². The standard InChI is InChI=1S/C14H23N3O4/c1-17-7-6-11(12(17)18)16-14(21)15-8-9-4-2-3-5-10(9)13(19)20/h9-11H,2-8H2,1H3,(H,19,20)(H2,15,16,21). The molecule has 1 saturated heterocycles. The van der Waals surface area contributed by atoms with E-state index in [-0.39, 0.29) is 17.7 Å². The molecule has 1 aliphatic carbocycles. The van der Waals surface area contributed by atoms with Gasteiger partial charge in [0.05, 0.1) is 5.92 Å². The second-order valence-corrected chi connectivity index (χ2v) is 5.94. The predicted molar refractivity (Wildman–Crippen MR) is 75.7 cm³/mol. The fourth-order valence-corrected chi connectivity index (χ4v) is 3.17. The molecule has 2 fully saturated rings. The minimum absolute atomic E-state index is 0.0241. The van der Waals surface area contributed by atoms with E-state index in [1.165, 1.54) is 0 Å². The molecule has 0 aromatic heterocycles. The molecule has 21 heavy (non-hydrogen) atoms. The highest BCUT2D eigenvalue weighted by Crippen LogP contribution is 2.29. The third-order valence-electron chi connectivity index (χ3n) is 4.48. The summed E-state index contributed by atoms with van der Waals surface area (Å²) in [5.74, 6) is -1.26. The lowest BCUT2D eigenvalue weighted by Crippen LogP contribution is -2.47. The molecule has 0 spiro atoms. The van der Waals surface area contributed by atoms with Crippen LogP contribution in [0, 0.1) is 11.8 Å². The SMILES string of the molecule is CN1CCC(NC(=O)NCC2CCCCC2C(=O)O)C1=O. The van der Waals surface area contributed by atoms with Gasteiger partial charge in [0, 0.05) is 20.1 Å². The quantitative estimate of drug-likeness (QED) is 0.700. The van der Waals surface area contributed by atoms with Gasteiger partial charge in [0.25, 0.3) is 0 Å². The lowest BCUT2D eigenvalue weighted by molar-refractivity contribution is -0.144. The summed E-state index contributed by atoms with van der Waals surface area (Å²) < 4.78 is 0. The van der Waals surface area contributed by atoms with Crippen LogP contribution >= 0.6 is 0 Å². The summed E-state index contributed by atoms with van der Waals surface area (Å²) in [6, 6.07) is -0.852. The number of urea groups is 1. The largest absolute Gasteiger partial charge is 0.481 e. The van der Waals surface area contributed by atoms with Gasteiger partial charge in [-0.05, 0) is 25.2 Å². The van der Waals surface area contributed by atoms with Crippen molar-refractivity contribution in [3.8, 4) is 0 Å². The Morgan fingerprint density at radius 3 is 2.62 bits per heavy atom. The number of carboxylic acids is 1. The molecule has 0 bridgehead atoms. The fourth-order valence-electron chi connectivity index (χ4n) is 3.17. The zero-order valence-corrected chi connectivity index (χ0v) is 12.3. The lowest BCUT2D eigenvalue weighted by Gasteiger charge is -2.28. The van der Waals surface area contributed by atoms with E-state index >= 15 is 0 Å². The van der Waals surface area contributed by atoms with Crippen molar-refractivity contribution in [2.45, 2.75) is 38.1 Å². The highest BCUT2D eigenvalue weighted by atomic mass is 16.4. The summed E-state index contributed by atoms with van der Waals surface area (Å²) in [5, 5.41) is 14.6. The van der Waals surface area contributed by atoms with Gasteiger partial charge >= 0.3 is 12.0 Å². The van der Waals surface area contributed by atoms with Crippen molar-refractivity contribution < 1.29 is 19.5 Å². The van der Waals surface area contributed by atoms with Crippen molar-refractivity contribution in [1.29, 1.82) is 0 Å². The molecule has 3 N–H and O–H groups in total. The highest BCUT2D eigenvalue weighted by molar-refractivity contribution is 5.88. The summed E-state index contributed by atoms with van der Waals surface area (Å²) in [6.07, 6.45) is 4.05. The molecule has 3 unspecified atom stereocenters. The first-order valence-corrected chi connectivity index (χ1v) is 7.51. The van der Waals surface area contributed by atoms with Crippen molar-refractivity contribution in [3.05, 3.63) is 0 Å². The number of carbonyl (C=O) groups is 3. The smallest absolute Gasteiger partial charge is 0.315 e. The van der Waals surface area contributed by atoms with Gasteiger partial charge in [0.15, 0.2) is 0 Å². The Morgan fingerprint density at radius 1 is 1.29 bits per heavy atom. The average molecular weight is 297 g/mol. The Labute approximate surface area is 124 Å². The van der Waals surface area contributed by atoms with Crippen LogP contribution in [0.3, 0.4) is 0 Å². The van der Waals surface area contributed by atoms with Crippen LogP contribution in [-0.4, -0.2) is 54.1 Å². The number of nitrogens with one attached hydrogen (secondary N) is 2. The maximum absolute atomic E-state index is 11.8. The number of amides is 3. The molecule has 118 valence electrons. The first-order chi connectivity index (χ1) is 9.99. The number of nitrogens with zero attached hydrogens (tertiary/aromatic N) is 1. The number of aliphatic carboxylic acids is 1. The third-order valence-corrected chi connectivity index (χ3v) is 4.48. The minimum atomic E-state index is -0.783. The zero-order chi connectivity index (χ0) is 15.4. The predicted octanol–water partition coefficient (Wildman–Crippen LogP) is 0.407. The van der Waals surface area contributed by atoms with E-state index in [1.54, 1.807) is 11.9 Å². The van der Waals surface area contributed by atoms with Crippen LogP contribution in [0.25, 0.3) is 0 Å². The topological polar surface area (TPSA) is 98.7 Å². The Morgan fingerprint density at radius 2 is 2.00 bits per heavy atom. The first-order valence-electron chi connectivity index (χ1n) is 7.51. The number of carboxylic acid groups (broad SMARTS) is 1. The molecule has 2 rings (SSSR count). The summed E-state index contributed by atoms with van der Waals surface area (Å²) in [7, 11) is 1.71. The summed E-state index contributed by atoms with van der Waals surface area (Å²) >= 11 is 0. The Bertz CT molecular complexity index is 426. The molecule has 0 aromatic rings. The van der Waals surface area contributed by atoms with Gasteiger partial charge in [-0.3, -0.25) is 9.59 Å². The number of rotatable bonds is 4. The van der Waals surface area contributed by atoms with Gasteiger partial charge in [0.2, 0.25) is 5.91 Å². The van der Waals surface area contributed by atoms with E-state index in [4.69, 9.17) is 0 Å². The van der Waals surface area contributed by atoms with E-state index in [0.717, 1.165) is 19.3 Å². The summed E-state index contributed by atoms with van der Waals surface area (Å²) in [5.41, 5.74) is 0. The molecule has 1 heterocycles. The second-order valence-electron chi connectivity index (χ2n) is 5.94. The van der Waals surface area contributed by atoms with Gasteiger partial charge in [-0.25, -0.2) is 4.79 Å². The highest BCUT2D eigenvalue weighted by Gasteiger charge is 2.32. The summed E-state index contributed by atoms with van der Waals surface area (Å²) in [4.78, 5) is 36.3. The summed E-state index contributed by atoms with van der Waals surface area (Å²) in [6.45, 7) is 0.993. The van der Waals surface area contributed by atoms with Crippen LogP contribution in [0.5, 0.6) is 0 Å². The molecular formula is C14H23N3O4. The molecular weight excluding hydrogens is 274 g/mol. The molecule has 3 atom stereocenters. The zero-order valence-electron chi connectivity index (χ0n) is 12.3. The maximum atomic E-state index is 11.8. The van der Waals surface area contributed by atoms with E-state index in [1.807, 2.05) is 0 Å². The van der Waals surface area contributed by atoms with E-state index < -0.39 is 18.0 Å². The van der Waals surface area contributed by atoms with E-state index in [9.17, 15) is 19.5 Å².